The molecular formula is C17H15ClF3N7O. The molecule has 0 bridgehead atoms. The summed E-state index contributed by atoms with van der Waals surface area (Å²) in [5, 5.41) is 13.8. The second-order valence-electron chi connectivity index (χ2n) is 5.98. The van der Waals surface area contributed by atoms with Crippen molar-refractivity contribution in [3.8, 4) is 0 Å². The second kappa shape index (κ2) is 7.59. The van der Waals surface area contributed by atoms with E-state index in [-0.39, 0.29) is 39.5 Å². The van der Waals surface area contributed by atoms with Crippen LogP contribution in [0, 0.1) is 5.41 Å². The minimum atomic E-state index is -4.49. The quantitative estimate of drug-likeness (QED) is 0.401. The van der Waals surface area contributed by atoms with Gasteiger partial charge in [-0.3, -0.25) is 10.2 Å². The first-order valence-electron chi connectivity index (χ1n) is 8.16. The number of H-pyrrole nitrogens is 1. The number of nitrogen functional groups attached to an aromatic ring is 1. The molecule has 2 aromatic heterocycles. The van der Waals surface area contributed by atoms with Gasteiger partial charge in [-0.15, -0.1) is 0 Å². The lowest BCUT2D eigenvalue weighted by molar-refractivity contribution is -0.115. The molecule has 0 spiro atoms. The van der Waals surface area contributed by atoms with E-state index in [4.69, 9.17) is 22.7 Å². The summed E-state index contributed by atoms with van der Waals surface area (Å²) in [5.41, 5.74) is 6.32. The number of carbonyl (C=O) groups excluding carboxylic acids is 1. The molecule has 0 saturated heterocycles. The molecular weight excluding hydrogens is 411 g/mol. The second-order valence-corrected chi connectivity index (χ2v) is 6.36. The minimum absolute atomic E-state index is 0.104. The van der Waals surface area contributed by atoms with E-state index >= 15 is 0 Å². The first kappa shape index (κ1) is 20.4. The molecule has 0 aliphatic rings. The molecule has 0 aliphatic heterocycles. The molecule has 6 N–H and O–H groups in total. The number of amides is 1. The third kappa shape index (κ3) is 4.09. The highest BCUT2D eigenvalue weighted by molar-refractivity contribution is 6.40. The number of hydrogen-bond acceptors (Lipinski definition) is 6. The van der Waals surface area contributed by atoms with Gasteiger partial charge in [0.25, 0.3) is 5.91 Å². The van der Waals surface area contributed by atoms with E-state index < -0.39 is 12.7 Å². The van der Waals surface area contributed by atoms with Crippen molar-refractivity contribution in [3.05, 3.63) is 46.4 Å². The summed E-state index contributed by atoms with van der Waals surface area (Å²) >= 11 is 6.37. The van der Waals surface area contributed by atoms with Gasteiger partial charge in [-0.1, -0.05) is 17.7 Å². The van der Waals surface area contributed by atoms with Crippen LogP contribution >= 0.6 is 11.6 Å². The zero-order chi connectivity index (χ0) is 21.3. The van der Waals surface area contributed by atoms with Gasteiger partial charge in [-0.05, 0) is 12.1 Å². The average Bonchev–Trinajstić information content (AvgIpc) is 3.00. The summed E-state index contributed by atoms with van der Waals surface area (Å²) in [6.07, 6.45) is -3.50. The first-order chi connectivity index (χ1) is 13.6. The van der Waals surface area contributed by atoms with E-state index in [9.17, 15) is 18.0 Å². The van der Waals surface area contributed by atoms with Gasteiger partial charge >= 0.3 is 6.18 Å². The van der Waals surface area contributed by atoms with Gasteiger partial charge in [0.15, 0.2) is 0 Å². The fraction of sp³-hybridized carbons (Fsp3) is 0.176. The lowest BCUT2D eigenvalue weighted by Crippen LogP contribution is -2.24. The number of hydrogen-bond donors (Lipinski definition) is 5. The van der Waals surface area contributed by atoms with Crippen molar-refractivity contribution in [2.45, 2.75) is 6.18 Å². The Hall–Kier alpha value is -3.34. The third-order valence-electron chi connectivity index (χ3n) is 4.06. The van der Waals surface area contributed by atoms with Crippen molar-refractivity contribution in [2.24, 2.45) is 0 Å². The van der Waals surface area contributed by atoms with Gasteiger partial charge in [0, 0.05) is 23.5 Å². The van der Waals surface area contributed by atoms with Crippen LogP contribution in [0.3, 0.4) is 0 Å². The van der Waals surface area contributed by atoms with Crippen molar-refractivity contribution in [1.82, 2.24) is 20.3 Å². The summed E-state index contributed by atoms with van der Waals surface area (Å²) < 4.78 is 37.7. The molecule has 1 aromatic carbocycles. The molecule has 1 amide bonds. The lowest BCUT2D eigenvalue weighted by Gasteiger charge is -2.14. The van der Waals surface area contributed by atoms with E-state index in [1.807, 2.05) is 0 Å². The van der Waals surface area contributed by atoms with Crippen molar-refractivity contribution < 1.29 is 18.0 Å². The Bertz CT molecular complexity index is 1110. The number of halogens is 4. The van der Waals surface area contributed by atoms with E-state index in [1.54, 1.807) is 18.2 Å². The fourth-order valence-electron chi connectivity index (χ4n) is 2.71. The number of anilines is 2. The normalized spacial score (nSPS) is 11.5. The van der Waals surface area contributed by atoms with Gasteiger partial charge in [-0.25, -0.2) is 9.97 Å². The van der Waals surface area contributed by atoms with Crippen LogP contribution < -0.4 is 16.4 Å². The minimum Gasteiger partial charge on any atom is -0.383 e. The smallest absolute Gasteiger partial charge is 0.383 e. The van der Waals surface area contributed by atoms with Crippen LogP contribution in [0.5, 0.6) is 0 Å². The van der Waals surface area contributed by atoms with Crippen molar-refractivity contribution in [2.75, 3.05) is 24.6 Å². The molecule has 0 unspecified atom stereocenters. The van der Waals surface area contributed by atoms with E-state index in [0.29, 0.717) is 16.5 Å². The maximum atomic E-state index is 12.6. The number of carbonyl (C=O) groups is 1. The molecule has 3 aromatic rings. The number of benzene rings is 1. The number of nitrogens with two attached hydrogens (primary N) is 1. The molecule has 8 nitrogen and oxygen atoms in total. The Labute approximate surface area is 167 Å². The molecule has 152 valence electrons. The molecule has 29 heavy (non-hydrogen) atoms. The van der Waals surface area contributed by atoms with Gasteiger partial charge in [0.2, 0.25) is 0 Å². The van der Waals surface area contributed by atoms with Crippen molar-refractivity contribution >= 4 is 45.8 Å². The lowest BCUT2D eigenvalue weighted by atomic mass is 10.1. The molecule has 0 atom stereocenters. The summed E-state index contributed by atoms with van der Waals surface area (Å²) in [5.74, 6) is -0.746. The highest BCUT2D eigenvalue weighted by Gasteiger charge is 2.29. The highest BCUT2D eigenvalue weighted by atomic mass is 35.5. The summed E-state index contributed by atoms with van der Waals surface area (Å²) in [6, 6.07) is 4.71. The molecule has 2 heterocycles. The van der Waals surface area contributed by atoms with Crippen LogP contribution in [0.25, 0.3) is 10.9 Å². The molecule has 3 rings (SSSR count). The monoisotopic (exact) mass is 425 g/mol. The van der Waals surface area contributed by atoms with Gasteiger partial charge in [0.1, 0.15) is 24.5 Å². The number of nitrogens with zero attached hydrogens (tertiary/aromatic N) is 2. The number of nitrogens with one attached hydrogen (secondary N) is 4. The van der Waals surface area contributed by atoms with Gasteiger partial charge < -0.3 is 21.4 Å². The predicted molar refractivity (Wildman–Crippen MR) is 104 cm³/mol. The third-order valence-corrected chi connectivity index (χ3v) is 4.45. The Morgan fingerprint density at radius 3 is 2.72 bits per heavy atom. The van der Waals surface area contributed by atoms with E-state index in [2.05, 4.69) is 25.6 Å². The molecule has 0 radical (unpaired) electrons. The zero-order valence-corrected chi connectivity index (χ0v) is 15.7. The summed E-state index contributed by atoms with van der Waals surface area (Å²) in [7, 11) is 1.49. The number of fused-ring (bicyclic) bond motifs is 1. The molecule has 0 fully saturated rings. The molecule has 0 saturated carbocycles. The maximum absolute atomic E-state index is 12.6. The number of alkyl halides is 3. The van der Waals surface area contributed by atoms with Crippen LogP contribution in [-0.4, -0.2) is 46.3 Å². The SMILES string of the molecule is CNC(=O)c1ccc2c(Cl)c(C(=N)c3c(N)ncnc3NCC(F)(F)F)[nH]c2c1. The molecule has 12 heteroatoms. The van der Waals surface area contributed by atoms with E-state index in [0.717, 1.165) is 6.33 Å². The Kier molecular flexibility index (Phi) is 5.33. The Morgan fingerprint density at radius 1 is 1.34 bits per heavy atom. The van der Waals surface area contributed by atoms with Crippen LogP contribution in [0.1, 0.15) is 21.6 Å². The maximum Gasteiger partial charge on any atom is 0.405 e. The standard InChI is InChI=1S/C17H15ClF3N7O/c1-24-16(29)7-2-3-8-9(4-7)28-13(11(8)18)12(22)10-14(23)26-6-27-15(10)25-5-17(19,20)21/h2-4,6,22,28H,5H2,1H3,(H,24,29)(H3,23,25,26,27). The highest BCUT2D eigenvalue weighted by Crippen LogP contribution is 2.32. The van der Waals surface area contributed by atoms with Crippen LogP contribution in [-0.2, 0) is 0 Å². The number of rotatable bonds is 5. The number of aromatic nitrogens is 3. The topological polar surface area (TPSA) is 133 Å². The number of aromatic amines is 1. The van der Waals surface area contributed by atoms with Crippen molar-refractivity contribution in [1.29, 1.82) is 5.41 Å². The van der Waals surface area contributed by atoms with Crippen LogP contribution in [0.4, 0.5) is 24.8 Å². The first-order valence-corrected chi connectivity index (χ1v) is 8.54. The zero-order valence-electron chi connectivity index (χ0n) is 14.9. The molecule has 0 aliphatic carbocycles. The summed E-state index contributed by atoms with van der Waals surface area (Å²) in [4.78, 5) is 22.2. The van der Waals surface area contributed by atoms with Crippen LogP contribution in [0.2, 0.25) is 5.02 Å². The largest absolute Gasteiger partial charge is 0.405 e. The van der Waals surface area contributed by atoms with Crippen molar-refractivity contribution in [3.63, 3.8) is 0 Å². The summed E-state index contributed by atoms with van der Waals surface area (Å²) in [6.45, 7) is -1.36. The van der Waals surface area contributed by atoms with Gasteiger partial charge in [-0.2, -0.15) is 13.2 Å². The van der Waals surface area contributed by atoms with E-state index in [1.165, 1.54) is 7.05 Å². The predicted octanol–water partition coefficient (Wildman–Crippen LogP) is 2.94. The average molecular weight is 426 g/mol. The van der Waals surface area contributed by atoms with Crippen LogP contribution in [0.15, 0.2) is 24.5 Å². The Balaban J connectivity index is 2.06. The Morgan fingerprint density at radius 2 is 2.07 bits per heavy atom. The van der Waals surface area contributed by atoms with Gasteiger partial charge in [0.05, 0.1) is 22.0 Å². The fourth-order valence-corrected chi connectivity index (χ4v) is 3.02.